The maximum Gasteiger partial charge on any atom is 0.141 e. The van der Waals surface area contributed by atoms with Crippen LogP contribution in [0.3, 0.4) is 0 Å². The lowest BCUT2D eigenvalue weighted by Crippen LogP contribution is -2.01. The highest BCUT2D eigenvalue weighted by Gasteiger charge is 2.21. The molecule has 0 saturated heterocycles. The topological polar surface area (TPSA) is 35.0 Å². The van der Waals surface area contributed by atoms with Gasteiger partial charge in [0.05, 0.1) is 12.0 Å². The number of nitrogens with zero attached hydrogens (tertiary/aromatic N) is 2. The van der Waals surface area contributed by atoms with E-state index in [0.717, 1.165) is 22.5 Å². The van der Waals surface area contributed by atoms with Crippen molar-refractivity contribution in [1.82, 2.24) is 9.97 Å². The maximum atomic E-state index is 6.28. The fourth-order valence-electron chi connectivity index (χ4n) is 2.30. The minimum atomic E-state index is 0.612. The Labute approximate surface area is 109 Å². The van der Waals surface area contributed by atoms with Gasteiger partial charge >= 0.3 is 0 Å². The summed E-state index contributed by atoms with van der Waals surface area (Å²) < 4.78 is 5.04. The predicted octanol–water partition coefficient (Wildman–Crippen LogP) is 3.02. The quantitative estimate of drug-likeness (QED) is 0.803. The van der Waals surface area contributed by atoms with E-state index in [0.29, 0.717) is 18.2 Å². The zero-order chi connectivity index (χ0) is 11.8. The maximum absolute atomic E-state index is 6.28. The molecular formula is C12H13ClN2OS. The average Bonchev–Trinajstić information content (AvgIpc) is 2.85. The molecule has 0 amide bonds. The van der Waals surface area contributed by atoms with Gasteiger partial charge in [0, 0.05) is 18.4 Å². The lowest BCUT2D eigenvalue weighted by Gasteiger charge is -2.02. The number of hydrogen-bond acceptors (Lipinski definition) is 4. The molecule has 2 aromatic heterocycles. The minimum absolute atomic E-state index is 0.612. The smallest absolute Gasteiger partial charge is 0.141 e. The van der Waals surface area contributed by atoms with Gasteiger partial charge in [-0.3, -0.25) is 0 Å². The Morgan fingerprint density at radius 3 is 3.06 bits per heavy atom. The van der Waals surface area contributed by atoms with E-state index < -0.39 is 0 Å². The van der Waals surface area contributed by atoms with E-state index in [2.05, 4.69) is 9.97 Å². The van der Waals surface area contributed by atoms with E-state index in [1.54, 1.807) is 18.4 Å². The van der Waals surface area contributed by atoms with Crippen LogP contribution in [-0.2, 0) is 24.0 Å². The standard InChI is InChI=1S/C12H13ClN2OS/c1-16-6-5-9-14-11(13)10-7-3-2-4-8(7)17-12(10)15-9/h2-6H2,1H3. The summed E-state index contributed by atoms with van der Waals surface area (Å²) in [5.74, 6) is 0.782. The van der Waals surface area contributed by atoms with Crippen molar-refractivity contribution < 1.29 is 4.74 Å². The van der Waals surface area contributed by atoms with E-state index in [9.17, 15) is 0 Å². The highest BCUT2D eigenvalue weighted by molar-refractivity contribution is 7.19. The summed E-state index contributed by atoms with van der Waals surface area (Å²) in [6.07, 6.45) is 4.24. The number of hydrogen-bond donors (Lipinski definition) is 0. The first kappa shape index (κ1) is 11.4. The fraction of sp³-hybridized carbons (Fsp3) is 0.500. The molecule has 0 aliphatic heterocycles. The van der Waals surface area contributed by atoms with Gasteiger partial charge in [0.2, 0.25) is 0 Å². The third kappa shape index (κ3) is 1.94. The van der Waals surface area contributed by atoms with E-state index in [4.69, 9.17) is 16.3 Å². The van der Waals surface area contributed by atoms with Crippen LogP contribution in [0.5, 0.6) is 0 Å². The summed E-state index contributed by atoms with van der Waals surface area (Å²) in [6.45, 7) is 0.632. The molecule has 17 heavy (non-hydrogen) atoms. The van der Waals surface area contributed by atoms with Crippen molar-refractivity contribution in [2.24, 2.45) is 0 Å². The van der Waals surface area contributed by atoms with Crippen molar-refractivity contribution >= 4 is 33.2 Å². The van der Waals surface area contributed by atoms with Crippen LogP contribution in [-0.4, -0.2) is 23.7 Å². The predicted molar refractivity (Wildman–Crippen MR) is 70.0 cm³/mol. The zero-order valence-corrected chi connectivity index (χ0v) is 11.2. The van der Waals surface area contributed by atoms with E-state index >= 15 is 0 Å². The lowest BCUT2D eigenvalue weighted by atomic mass is 10.2. The van der Waals surface area contributed by atoms with Gasteiger partial charge < -0.3 is 4.74 Å². The molecule has 0 N–H and O–H groups in total. The van der Waals surface area contributed by atoms with Gasteiger partial charge in [-0.05, 0) is 24.8 Å². The molecule has 2 aromatic rings. The highest BCUT2D eigenvalue weighted by Crippen LogP contribution is 2.39. The molecule has 0 spiro atoms. The summed E-state index contributed by atoms with van der Waals surface area (Å²) in [4.78, 5) is 11.4. The van der Waals surface area contributed by atoms with Gasteiger partial charge in [0.25, 0.3) is 0 Å². The van der Waals surface area contributed by atoms with Gasteiger partial charge in [-0.2, -0.15) is 0 Å². The SMILES string of the molecule is COCCc1nc(Cl)c2c3c(sc2n1)CCC3. The van der Waals surface area contributed by atoms with Crippen LogP contribution in [0.4, 0.5) is 0 Å². The number of aryl methyl sites for hydroxylation is 2. The van der Waals surface area contributed by atoms with Crippen molar-refractivity contribution in [2.75, 3.05) is 13.7 Å². The van der Waals surface area contributed by atoms with Gasteiger partial charge in [0.1, 0.15) is 15.8 Å². The summed E-state index contributed by atoms with van der Waals surface area (Å²) in [7, 11) is 1.68. The third-order valence-corrected chi connectivity index (χ3v) is 4.56. The molecule has 2 heterocycles. The molecule has 0 radical (unpaired) electrons. The molecule has 0 atom stereocenters. The van der Waals surface area contributed by atoms with Crippen LogP contribution < -0.4 is 0 Å². The first-order chi connectivity index (χ1) is 8.29. The largest absolute Gasteiger partial charge is 0.384 e. The summed E-state index contributed by atoms with van der Waals surface area (Å²) in [5.41, 5.74) is 1.38. The van der Waals surface area contributed by atoms with Crippen LogP contribution in [0.1, 0.15) is 22.7 Å². The number of methoxy groups -OCH3 is 1. The van der Waals surface area contributed by atoms with Crippen LogP contribution in [0.2, 0.25) is 5.15 Å². The van der Waals surface area contributed by atoms with Gasteiger partial charge in [0.15, 0.2) is 0 Å². The van der Waals surface area contributed by atoms with Gasteiger partial charge in [-0.25, -0.2) is 9.97 Å². The first-order valence-electron chi connectivity index (χ1n) is 5.75. The van der Waals surface area contributed by atoms with Crippen LogP contribution in [0.25, 0.3) is 10.2 Å². The molecule has 3 rings (SSSR count). The summed E-state index contributed by atoms with van der Waals surface area (Å²) in [5, 5.41) is 1.70. The summed E-state index contributed by atoms with van der Waals surface area (Å²) >= 11 is 8.05. The minimum Gasteiger partial charge on any atom is -0.384 e. The van der Waals surface area contributed by atoms with E-state index in [-0.39, 0.29) is 0 Å². The second-order valence-electron chi connectivity index (χ2n) is 4.21. The number of fused-ring (bicyclic) bond motifs is 3. The molecule has 0 fully saturated rings. The Bertz CT molecular complexity index is 567. The number of ether oxygens (including phenoxy) is 1. The number of thiophene rings is 1. The Morgan fingerprint density at radius 1 is 1.35 bits per heavy atom. The van der Waals surface area contributed by atoms with Crippen molar-refractivity contribution in [3.05, 3.63) is 21.4 Å². The van der Waals surface area contributed by atoms with Crippen molar-refractivity contribution in [3.8, 4) is 0 Å². The van der Waals surface area contributed by atoms with Crippen molar-refractivity contribution in [2.45, 2.75) is 25.7 Å². The average molecular weight is 269 g/mol. The second-order valence-corrected chi connectivity index (χ2v) is 5.65. The van der Waals surface area contributed by atoms with Crippen LogP contribution in [0, 0.1) is 0 Å². The molecule has 0 saturated carbocycles. The van der Waals surface area contributed by atoms with Crippen molar-refractivity contribution in [1.29, 1.82) is 0 Å². The zero-order valence-electron chi connectivity index (χ0n) is 9.62. The molecule has 0 bridgehead atoms. The molecular weight excluding hydrogens is 256 g/mol. The number of rotatable bonds is 3. The monoisotopic (exact) mass is 268 g/mol. The molecule has 0 aromatic carbocycles. The lowest BCUT2D eigenvalue weighted by molar-refractivity contribution is 0.200. The number of halogens is 1. The Balaban J connectivity index is 2.08. The summed E-state index contributed by atoms with van der Waals surface area (Å²) in [6, 6.07) is 0. The third-order valence-electron chi connectivity index (χ3n) is 3.10. The Hall–Kier alpha value is -0.710. The van der Waals surface area contributed by atoms with E-state index in [1.165, 1.54) is 23.3 Å². The fourth-order valence-corrected chi connectivity index (χ4v) is 3.94. The van der Waals surface area contributed by atoms with Gasteiger partial charge in [-0.15, -0.1) is 11.3 Å². The molecule has 3 nitrogen and oxygen atoms in total. The van der Waals surface area contributed by atoms with Crippen LogP contribution >= 0.6 is 22.9 Å². The molecule has 5 heteroatoms. The second kappa shape index (κ2) is 4.52. The van der Waals surface area contributed by atoms with Crippen LogP contribution in [0.15, 0.2) is 0 Å². The number of aromatic nitrogens is 2. The molecule has 0 unspecified atom stereocenters. The Kier molecular flexibility index (Phi) is 3.03. The van der Waals surface area contributed by atoms with Gasteiger partial charge in [-0.1, -0.05) is 11.6 Å². The molecule has 1 aliphatic carbocycles. The van der Waals surface area contributed by atoms with Crippen molar-refractivity contribution in [3.63, 3.8) is 0 Å². The highest BCUT2D eigenvalue weighted by atomic mass is 35.5. The van der Waals surface area contributed by atoms with E-state index in [1.807, 2.05) is 0 Å². The normalized spacial score (nSPS) is 14.5. The Morgan fingerprint density at radius 2 is 2.24 bits per heavy atom. The molecule has 1 aliphatic rings. The molecule has 90 valence electrons. The first-order valence-corrected chi connectivity index (χ1v) is 6.94.